The largest absolute Gasteiger partial charge is 0.369 e. The summed E-state index contributed by atoms with van der Waals surface area (Å²) in [6.45, 7) is 1.61. The van der Waals surface area contributed by atoms with Crippen molar-refractivity contribution in [2.75, 3.05) is 25.0 Å². The second kappa shape index (κ2) is 7.63. The maximum absolute atomic E-state index is 15.1. The Balaban J connectivity index is 1.67. The number of H-pyrrole nitrogens is 1. The van der Waals surface area contributed by atoms with Gasteiger partial charge in [-0.3, -0.25) is 9.78 Å². The Morgan fingerprint density at radius 2 is 2.16 bits per heavy atom. The van der Waals surface area contributed by atoms with E-state index < -0.39 is 0 Å². The molecule has 0 bridgehead atoms. The van der Waals surface area contributed by atoms with Gasteiger partial charge in [0.15, 0.2) is 0 Å². The van der Waals surface area contributed by atoms with Gasteiger partial charge in [0, 0.05) is 66.8 Å². The number of aromatic nitrogens is 3. The zero-order valence-corrected chi connectivity index (χ0v) is 17.2. The van der Waals surface area contributed by atoms with Crippen LogP contribution in [-0.2, 0) is 0 Å². The van der Waals surface area contributed by atoms with E-state index in [1.165, 1.54) is 12.3 Å². The van der Waals surface area contributed by atoms with Gasteiger partial charge in [-0.2, -0.15) is 0 Å². The van der Waals surface area contributed by atoms with Gasteiger partial charge in [0.2, 0.25) is 0 Å². The van der Waals surface area contributed by atoms with Crippen molar-refractivity contribution in [2.24, 2.45) is 5.73 Å². The number of pyridine rings is 2. The lowest BCUT2D eigenvalue weighted by molar-refractivity contribution is 0.0963. The number of nitrogens with two attached hydrogens (primary N) is 1. The van der Waals surface area contributed by atoms with Gasteiger partial charge >= 0.3 is 0 Å². The van der Waals surface area contributed by atoms with E-state index in [1.807, 2.05) is 12.1 Å². The van der Waals surface area contributed by atoms with Crippen molar-refractivity contribution < 1.29 is 9.18 Å². The van der Waals surface area contributed by atoms with Gasteiger partial charge < -0.3 is 20.9 Å². The van der Waals surface area contributed by atoms with E-state index in [2.05, 4.69) is 25.2 Å². The number of rotatable bonds is 3. The molecule has 3 aromatic heterocycles. The number of nitrogens with zero attached hydrogens (tertiary/aromatic N) is 3. The van der Waals surface area contributed by atoms with Gasteiger partial charge in [-0.1, -0.05) is 0 Å². The molecule has 1 atom stereocenters. The molecule has 0 aliphatic carbocycles. The first-order valence-corrected chi connectivity index (χ1v) is 10.3. The predicted molar refractivity (Wildman–Crippen MR) is 120 cm³/mol. The van der Waals surface area contributed by atoms with Gasteiger partial charge in [-0.05, 0) is 42.7 Å². The van der Waals surface area contributed by atoms with Gasteiger partial charge in [0.1, 0.15) is 17.0 Å². The van der Waals surface area contributed by atoms with Crippen molar-refractivity contribution in [1.82, 2.24) is 20.3 Å². The average Bonchev–Trinajstić information content (AvgIpc) is 3.21. The Bertz CT molecular complexity index is 1300. The fourth-order valence-electron chi connectivity index (χ4n) is 4.37. The molecule has 31 heavy (non-hydrogen) atoms. The molecule has 8 heteroatoms. The minimum atomic E-state index is -0.388. The van der Waals surface area contributed by atoms with Crippen LogP contribution in [0.4, 0.5) is 10.1 Å². The van der Waals surface area contributed by atoms with Crippen LogP contribution in [0.5, 0.6) is 0 Å². The monoisotopic (exact) mass is 418 g/mol. The van der Waals surface area contributed by atoms with Crippen LogP contribution in [-0.4, -0.2) is 47.0 Å². The first-order valence-electron chi connectivity index (χ1n) is 10.3. The van der Waals surface area contributed by atoms with Crippen LogP contribution < -0.4 is 16.0 Å². The minimum absolute atomic E-state index is 0.104. The van der Waals surface area contributed by atoms with Gasteiger partial charge in [-0.15, -0.1) is 0 Å². The second-order valence-electron chi connectivity index (χ2n) is 7.93. The minimum Gasteiger partial charge on any atom is -0.369 e. The molecule has 4 N–H and O–H groups in total. The molecule has 0 spiro atoms. The standard InChI is InChI=1S/C23H23FN6O/c1-26-23(31)14-8-16-18(11-29-22(16)28-10-14)13-7-17-20(30-6-2-3-15(25)12-30)4-5-27-21(17)19(24)9-13/h4-5,7-11,15H,2-3,6,12,25H2,1H3,(H,26,31)(H,28,29)/t15-/m1/s1. The first kappa shape index (κ1) is 19.4. The van der Waals surface area contributed by atoms with E-state index in [0.717, 1.165) is 48.0 Å². The summed E-state index contributed by atoms with van der Waals surface area (Å²) in [7, 11) is 1.57. The fraction of sp³-hybridized carbons (Fsp3) is 0.261. The molecule has 7 nitrogen and oxygen atoms in total. The van der Waals surface area contributed by atoms with Crippen molar-refractivity contribution in [3.05, 3.63) is 54.2 Å². The molecule has 5 rings (SSSR count). The van der Waals surface area contributed by atoms with Gasteiger partial charge in [-0.25, -0.2) is 9.37 Å². The number of aromatic amines is 1. The maximum atomic E-state index is 15.1. The Labute approximate surface area is 178 Å². The summed E-state index contributed by atoms with van der Waals surface area (Å²) in [5, 5.41) is 4.11. The third-order valence-electron chi connectivity index (χ3n) is 5.91. The molecular weight excluding hydrogens is 395 g/mol. The zero-order chi connectivity index (χ0) is 21.5. The summed E-state index contributed by atoms with van der Waals surface area (Å²) in [5.74, 6) is -0.611. The van der Waals surface area contributed by atoms with Crippen molar-refractivity contribution in [1.29, 1.82) is 0 Å². The fourth-order valence-corrected chi connectivity index (χ4v) is 4.37. The van der Waals surface area contributed by atoms with E-state index in [9.17, 15) is 4.79 Å². The summed E-state index contributed by atoms with van der Waals surface area (Å²) < 4.78 is 15.1. The predicted octanol–water partition coefficient (Wildman–Crippen LogP) is 3.20. The number of carbonyl (C=O) groups is 1. The first-order chi connectivity index (χ1) is 15.0. The highest BCUT2D eigenvalue weighted by atomic mass is 19.1. The number of hydrogen-bond acceptors (Lipinski definition) is 5. The molecule has 4 heterocycles. The number of carbonyl (C=O) groups excluding carboxylic acids is 1. The maximum Gasteiger partial charge on any atom is 0.252 e. The van der Waals surface area contributed by atoms with E-state index >= 15 is 4.39 Å². The molecule has 1 saturated heterocycles. The molecule has 1 fully saturated rings. The molecule has 1 amide bonds. The molecule has 0 radical (unpaired) electrons. The number of nitrogens with one attached hydrogen (secondary N) is 2. The summed E-state index contributed by atoms with van der Waals surface area (Å²) >= 11 is 0. The van der Waals surface area contributed by atoms with E-state index in [0.29, 0.717) is 22.3 Å². The summed E-state index contributed by atoms with van der Waals surface area (Å²) in [6, 6.07) is 7.23. The number of anilines is 1. The third kappa shape index (κ3) is 3.38. The topological polar surface area (TPSA) is 99.9 Å². The smallest absolute Gasteiger partial charge is 0.252 e. The van der Waals surface area contributed by atoms with Crippen LogP contribution in [0, 0.1) is 5.82 Å². The molecule has 0 saturated carbocycles. The molecular formula is C23H23FN6O. The van der Waals surface area contributed by atoms with E-state index in [4.69, 9.17) is 5.73 Å². The highest BCUT2D eigenvalue weighted by molar-refractivity contribution is 6.03. The highest BCUT2D eigenvalue weighted by Crippen LogP contribution is 2.35. The normalized spacial score (nSPS) is 16.7. The number of hydrogen-bond donors (Lipinski definition) is 3. The number of amides is 1. The van der Waals surface area contributed by atoms with Crippen molar-refractivity contribution in [3.63, 3.8) is 0 Å². The molecule has 0 unspecified atom stereocenters. The molecule has 4 aromatic rings. The molecule has 1 aliphatic heterocycles. The number of piperidine rings is 1. The van der Waals surface area contributed by atoms with Crippen LogP contribution >= 0.6 is 0 Å². The Morgan fingerprint density at radius 3 is 2.97 bits per heavy atom. The number of benzene rings is 1. The molecule has 1 aliphatic rings. The van der Waals surface area contributed by atoms with Crippen LogP contribution in [0.25, 0.3) is 33.1 Å². The van der Waals surface area contributed by atoms with Crippen molar-refractivity contribution in [3.8, 4) is 11.1 Å². The zero-order valence-electron chi connectivity index (χ0n) is 17.2. The van der Waals surface area contributed by atoms with Crippen molar-refractivity contribution >= 4 is 33.5 Å². The Hall–Kier alpha value is -3.52. The van der Waals surface area contributed by atoms with Crippen LogP contribution in [0.15, 0.2) is 42.9 Å². The van der Waals surface area contributed by atoms with Gasteiger partial charge in [0.25, 0.3) is 5.91 Å². The lowest BCUT2D eigenvalue weighted by atomic mass is 10.00. The SMILES string of the molecule is CNC(=O)c1cnc2[nH]cc(-c3cc(F)c4nccc(N5CCC[C@@H](N)C5)c4c3)c2c1. The third-order valence-corrected chi connectivity index (χ3v) is 5.91. The number of halogens is 1. The molecule has 1 aromatic carbocycles. The van der Waals surface area contributed by atoms with E-state index in [1.54, 1.807) is 25.5 Å². The van der Waals surface area contributed by atoms with Crippen molar-refractivity contribution in [2.45, 2.75) is 18.9 Å². The van der Waals surface area contributed by atoms with E-state index in [-0.39, 0.29) is 17.8 Å². The second-order valence-corrected chi connectivity index (χ2v) is 7.93. The Morgan fingerprint density at radius 1 is 1.29 bits per heavy atom. The Kier molecular flexibility index (Phi) is 4.78. The summed E-state index contributed by atoms with van der Waals surface area (Å²) in [5.41, 5.74) is 10.0. The quantitative estimate of drug-likeness (QED) is 0.474. The number of fused-ring (bicyclic) bond motifs is 2. The summed E-state index contributed by atoms with van der Waals surface area (Å²) in [4.78, 5) is 26.0. The highest BCUT2D eigenvalue weighted by Gasteiger charge is 2.21. The lowest BCUT2D eigenvalue weighted by Crippen LogP contribution is -2.42. The van der Waals surface area contributed by atoms with Crippen LogP contribution in [0.2, 0.25) is 0 Å². The van der Waals surface area contributed by atoms with Crippen LogP contribution in [0.1, 0.15) is 23.2 Å². The summed E-state index contributed by atoms with van der Waals surface area (Å²) in [6.07, 6.45) is 6.95. The lowest BCUT2D eigenvalue weighted by Gasteiger charge is -2.33. The molecule has 158 valence electrons. The van der Waals surface area contributed by atoms with Gasteiger partial charge in [0.05, 0.1) is 5.56 Å². The van der Waals surface area contributed by atoms with Crippen LogP contribution in [0.3, 0.4) is 0 Å². The average molecular weight is 418 g/mol.